The summed E-state index contributed by atoms with van der Waals surface area (Å²) in [4.78, 5) is 11.1. The van der Waals surface area contributed by atoms with Crippen LogP contribution in [0.25, 0.3) is 0 Å². The van der Waals surface area contributed by atoms with Crippen LogP contribution in [0.2, 0.25) is 0 Å². The summed E-state index contributed by atoms with van der Waals surface area (Å²) in [5.74, 6) is -0.0679. The third kappa shape index (κ3) is 7.82. The van der Waals surface area contributed by atoms with E-state index in [1.165, 1.54) is 12.8 Å². The van der Waals surface area contributed by atoms with Crippen LogP contribution in [0.15, 0.2) is 0 Å². The molecule has 0 aromatic rings. The van der Waals surface area contributed by atoms with Gasteiger partial charge in [0.2, 0.25) is 0 Å². The summed E-state index contributed by atoms with van der Waals surface area (Å²) >= 11 is 0. The zero-order chi connectivity index (χ0) is 10.1. The molecule has 0 saturated heterocycles. The van der Waals surface area contributed by atoms with E-state index in [1.807, 2.05) is 20.3 Å². The average Bonchev–Trinajstić information content (AvgIpc) is 2.12. The minimum Gasteiger partial charge on any atom is -0.462 e. The fourth-order valence-electron chi connectivity index (χ4n) is 1.03. The van der Waals surface area contributed by atoms with E-state index in [9.17, 15) is 4.79 Å². The normalized spacial score (nSPS) is 12.5. The Morgan fingerprint density at radius 1 is 1.38 bits per heavy atom. The summed E-state index contributed by atoms with van der Waals surface area (Å²) < 4.78 is 5.09. The molecule has 0 aromatic carbocycles. The highest BCUT2D eigenvalue weighted by Gasteiger charge is 2.06. The maximum atomic E-state index is 11.1. The van der Waals surface area contributed by atoms with E-state index in [4.69, 9.17) is 4.74 Å². The van der Waals surface area contributed by atoms with E-state index in [-0.39, 0.29) is 12.1 Å². The van der Waals surface area contributed by atoms with Crippen LogP contribution in [0.5, 0.6) is 0 Å². The fourth-order valence-corrected chi connectivity index (χ4v) is 1.03. The molecular formula is C11H21O2. The molecule has 0 aliphatic heterocycles. The van der Waals surface area contributed by atoms with Gasteiger partial charge in [0.05, 0.1) is 0 Å². The molecule has 0 fully saturated rings. The molecule has 0 bridgehead atoms. The first kappa shape index (κ1) is 12.5. The van der Waals surface area contributed by atoms with E-state index in [0.717, 1.165) is 12.8 Å². The van der Waals surface area contributed by atoms with Crippen molar-refractivity contribution in [2.45, 2.75) is 59.0 Å². The van der Waals surface area contributed by atoms with Gasteiger partial charge in [-0.25, -0.2) is 0 Å². The molecule has 0 heterocycles. The number of rotatable bonds is 7. The van der Waals surface area contributed by atoms with E-state index in [2.05, 4.69) is 6.92 Å². The lowest BCUT2D eigenvalue weighted by molar-refractivity contribution is -0.146. The van der Waals surface area contributed by atoms with Gasteiger partial charge in [-0.05, 0) is 19.8 Å². The van der Waals surface area contributed by atoms with Crippen LogP contribution in [0.3, 0.4) is 0 Å². The zero-order valence-corrected chi connectivity index (χ0v) is 9.01. The molecule has 0 spiro atoms. The third-order valence-corrected chi connectivity index (χ3v) is 2.02. The largest absolute Gasteiger partial charge is 0.462 e. The van der Waals surface area contributed by atoms with Gasteiger partial charge in [-0.1, -0.05) is 33.1 Å². The molecule has 1 atom stereocenters. The number of unbranched alkanes of at least 4 members (excludes halogenated alkanes) is 3. The van der Waals surface area contributed by atoms with Crippen molar-refractivity contribution in [3.63, 3.8) is 0 Å². The Balaban J connectivity index is 3.30. The number of hydrogen-bond acceptors (Lipinski definition) is 2. The van der Waals surface area contributed by atoms with Gasteiger partial charge in [0.15, 0.2) is 0 Å². The van der Waals surface area contributed by atoms with E-state index in [0.29, 0.717) is 6.42 Å². The van der Waals surface area contributed by atoms with Gasteiger partial charge < -0.3 is 4.74 Å². The van der Waals surface area contributed by atoms with E-state index in [1.54, 1.807) is 0 Å². The second-order valence-corrected chi connectivity index (χ2v) is 3.34. The van der Waals surface area contributed by atoms with Crippen molar-refractivity contribution in [2.75, 3.05) is 0 Å². The molecule has 2 nitrogen and oxygen atoms in total. The summed E-state index contributed by atoms with van der Waals surface area (Å²) in [6.07, 6.45) is 6.91. The van der Waals surface area contributed by atoms with E-state index >= 15 is 0 Å². The molecule has 77 valence electrons. The summed E-state index contributed by atoms with van der Waals surface area (Å²) in [6, 6.07) is 0. The highest BCUT2D eigenvalue weighted by molar-refractivity contribution is 5.69. The van der Waals surface area contributed by atoms with Gasteiger partial charge in [0.25, 0.3) is 0 Å². The maximum absolute atomic E-state index is 11.1. The highest BCUT2D eigenvalue weighted by Crippen LogP contribution is 2.05. The van der Waals surface area contributed by atoms with Crippen molar-refractivity contribution in [1.29, 1.82) is 0 Å². The van der Waals surface area contributed by atoms with Gasteiger partial charge in [-0.15, -0.1) is 0 Å². The lowest BCUT2D eigenvalue weighted by atomic mass is 10.1. The molecule has 0 saturated carbocycles. The molecule has 13 heavy (non-hydrogen) atoms. The van der Waals surface area contributed by atoms with E-state index < -0.39 is 0 Å². The Morgan fingerprint density at radius 3 is 2.62 bits per heavy atom. The van der Waals surface area contributed by atoms with Crippen LogP contribution in [0.4, 0.5) is 0 Å². The van der Waals surface area contributed by atoms with Crippen LogP contribution in [0, 0.1) is 6.42 Å². The smallest absolute Gasteiger partial charge is 0.306 e. The third-order valence-electron chi connectivity index (χ3n) is 2.02. The summed E-state index contributed by atoms with van der Waals surface area (Å²) in [5.41, 5.74) is 0. The molecule has 2 heteroatoms. The molecular weight excluding hydrogens is 164 g/mol. The number of hydrogen-bond donors (Lipinski definition) is 0. The van der Waals surface area contributed by atoms with Gasteiger partial charge in [0.1, 0.15) is 6.10 Å². The molecule has 0 amide bonds. The van der Waals surface area contributed by atoms with Crippen molar-refractivity contribution in [1.82, 2.24) is 0 Å². The minimum absolute atomic E-state index is 0.0429. The van der Waals surface area contributed by atoms with Crippen LogP contribution >= 0.6 is 0 Å². The SMILES string of the molecule is C[CH][C@H](C)OC(=O)CCCCCC. The molecule has 0 N–H and O–H groups in total. The quantitative estimate of drug-likeness (QED) is 0.450. The predicted octanol–water partition coefficient (Wildman–Crippen LogP) is 3.11. The van der Waals surface area contributed by atoms with Crippen LogP contribution in [-0.2, 0) is 9.53 Å². The van der Waals surface area contributed by atoms with Gasteiger partial charge in [-0.3, -0.25) is 4.79 Å². The molecule has 0 aromatic heterocycles. The molecule has 0 aliphatic carbocycles. The number of carbonyl (C=O) groups excluding carboxylic acids is 1. The maximum Gasteiger partial charge on any atom is 0.306 e. The monoisotopic (exact) mass is 185 g/mol. The lowest BCUT2D eigenvalue weighted by Crippen LogP contribution is -2.13. The van der Waals surface area contributed by atoms with Crippen LogP contribution in [-0.4, -0.2) is 12.1 Å². The average molecular weight is 185 g/mol. The molecule has 0 rings (SSSR count). The minimum atomic E-state index is -0.0679. The number of carbonyl (C=O) groups is 1. The summed E-state index contributed by atoms with van der Waals surface area (Å²) in [5, 5.41) is 0. The van der Waals surface area contributed by atoms with Crippen LogP contribution < -0.4 is 0 Å². The Morgan fingerprint density at radius 2 is 2.08 bits per heavy atom. The predicted molar refractivity (Wildman–Crippen MR) is 54.3 cm³/mol. The first-order chi connectivity index (χ1) is 6.20. The van der Waals surface area contributed by atoms with Crippen molar-refractivity contribution < 1.29 is 9.53 Å². The van der Waals surface area contributed by atoms with Crippen LogP contribution in [0.1, 0.15) is 52.9 Å². The van der Waals surface area contributed by atoms with Gasteiger partial charge >= 0.3 is 5.97 Å². The highest BCUT2D eigenvalue weighted by atomic mass is 16.5. The van der Waals surface area contributed by atoms with Crippen molar-refractivity contribution in [3.05, 3.63) is 6.42 Å². The van der Waals surface area contributed by atoms with Crippen molar-refractivity contribution >= 4 is 5.97 Å². The Kier molecular flexibility index (Phi) is 7.76. The Labute approximate surface area is 81.7 Å². The number of ether oxygens (including phenoxy) is 1. The first-order valence-electron chi connectivity index (χ1n) is 5.19. The summed E-state index contributed by atoms with van der Waals surface area (Å²) in [7, 11) is 0. The molecule has 1 radical (unpaired) electrons. The Bertz CT molecular complexity index is 132. The summed E-state index contributed by atoms with van der Waals surface area (Å²) in [6.45, 7) is 5.94. The lowest BCUT2D eigenvalue weighted by Gasteiger charge is -2.09. The topological polar surface area (TPSA) is 26.3 Å². The first-order valence-corrected chi connectivity index (χ1v) is 5.19. The second kappa shape index (κ2) is 8.09. The Hall–Kier alpha value is -0.530. The zero-order valence-electron chi connectivity index (χ0n) is 9.01. The molecule has 0 unspecified atom stereocenters. The fraction of sp³-hybridized carbons (Fsp3) is 0.818. The van der Waals surface area contributed by atoms with Gasteiger partial charge in [-0.2, -0.15) is 0 Å². The second-order valence-electron chi connectivity index (χ2n) is 3.34. The number of esters is 1. The van der Waals surface area contributed by atoms with Crippen molar-refractivity contribution in [2.24, 2.45) is 0 Å². The molecule has 0 aliphatic rings. The van der Waals surface area contributed by atoms with Crippen molar-refractivity contribution in [3.8, 4) is 0 Å². The van der Waals surface area contributed by atoms with Gasteiger partial charge in [0, 0.05) is 6.42 Å². The standard InChI is InChI=1S/C11H21O2/c1-4-6-7-8-9-11(12)13-10(3)5-2/h5,10H,4,6-9H2,1-3H3/t10-/m0/s1.